The van der Waals surface area contributed by atoms with Crippen LogP contribution in [0.25, 0.3) is 11.1 Å². The van der Waals surface area contributed by atoms with Gasteiger partial charge in [0.1, 0.15) is 31.0 Å². The number of carbonyl (C=O) groups is 6. The number of alkyl carbamates (subject to hydrolysis) is 1. The van der Waals surface area contributed by atoms with Gasteiger partial charge >= 0.3 is 35.9 Å². The smallest absolute Gasteiger partial charge is 0.407 e. The maximum absolute atomic E-state index is 13.6. The van der Waals surface area contributed by atoms with Gasteiger partial charge in [0.2, 0.25) is 0 Å². The van der Waals surface area contributed by atoms with E-state index in [0.29, 0.717) is 0 Å². The summed E-state index contributed by atoms with van der Waals surface area (Å²) in [6.07, 6.45) is -8.66. The Morgan fingerprint density at radius 2 is 1.22 bits per heavy atom. The zero-order valence-corrected chi connectivity index (χ0v) is 29.1. The van der Waals surface area contributed by atoms with Gasteiger partial charge in [0, 0.05) is 33.6 Å². The van der Waals surface area contributed by atoms with Crippen molar-refractivity contribution < 1.29 is 61.9 Å². The van der Waals surface area contributed by atoms with E-state index in [-0.39, 0.29) is 12.5 Å². The average molecular weight is 698 g/mol. The lowest BCUT2D eigenvalue weighted by Crippen LogP contribution is -2.67. The predicted molar refractivity (Wildman–Crippen MR) is 174 cm³/mol. The monoisotopic (exact) mass is 697 g/mol. The highest BCUT2D eigenvalue weighted by atomic mass is 16.7. The highest BCUT2D eigenvalue weighted by Crippen LogP contribution is 2.44. The van der Waals surface area contributed by atoms with Gasteiger partial charge in [-0.25, -0.2) is 4.79 Å². The Kier molecular flexibility index (Phi) is 12.2. The summed E-state index contributed by atoms with van der Waals surface area (Å²) in [4.78, 5) is 75.5. The summed E-state index contributed by atoms with van der Waals surface area (Å²) >= 11 is 0. The van der Waals surface area contributed by atoms with Gasteiger partial charge in [0.15, 0.2) is 18.3 Å². The van der Waals surface area contributed by atoms with Gasteiger partial charge < -0.3 is 38.5 Å². The summed E-state index contributed by atoms with van der Waals surface area (Å²) in [5, 5.41) is 2.66. The molecule has 1 amide bonds. The second-order valence-electron chi connectivity index (χ2n) is 13.0. The van der Waals surface area contributed by atoms with Gasteiger partial charge in [0.05, 0.1) is 12.5 Å². The van der Waals surface area contributed by atoms with Crippen LogP contribution in [0, 0.1) is 0 Å². The van der Waals surface area contributed by atoms with Crippen LogP contribution in [0.1, 0.15) is 71.9 Å². The SMILES string of the molecule is CC(=O)OC[C@H]1OC(C(CC(=O)OC(C)(C)C)NC(=O)OCC2c3ccccc3-c3ccccc32)[C@H](OC(C)=O)[C@@H](OC(C)=O)[C@@H]1OC(C)=O. The summed E-state index contributed by atoms with van der Waals surface area (Å²) in [5.41, 5.74) is 3.10. The van der Waals surface area contributed by atoms with Crippen molar-refractivity contribution in [3.05, 3.63) is 59.7 Å². The van der Waals surface area contributed by atoms with Crippen molar-refractivity contribution >= 4 is 35.9 Å². The molecule has 2 aliphatic rings. The quantitative estimate of drug-likeness (QED) is 0.265. The van der Waals surface area contributed by atoms with Gasteiger partial charge in [-0.05, 0) is 43.0 Å². The van der Waals surface area contributed by atoms with Crippen LogP contribution in [-0.4, -0.2) is 91.3 Å². The Morgan fingerprint density at radius 1 is 0.700 bits per heavy atom. The van der Waals surface area contributed by atoms with Crippen molar-refractivity contribution in [2.75, 3.05) is 13.2 Å². The Hall–Kier alpha value is -4.98. The number of esters is 5. The maximum Gasteiger partial charge on any atom is 0.407 e. The zero-order chi connectivity index (χ0) is 36.7. The molecule has 0 bridgehead atoms. The minimum Gasteiger partial charge on any atom is -0.463 e. The summed E-state index contributed by atoms with van der Waals surface area (Å²) in [6, 6.07) is 14.2. The molecule has 4 rings (SSSR count). The fourth-order valence-corrected chi connectivity index (χ4v) is 6.19. The molecule has 0 spiro atoms. The molecule has 2 aromatic rings. The van der Waals surface area contributed by atoms with Crippen LogP contribution in [0.3, 0.4) is 0 Å². The normalized spacial score (nSPS) is 21.8. The molecule has 6 atom stereocenters. The van der Waals surface area contributed by atoms with Crippen LogP contribution >= 0.6 is 0 Å². The minimum absolute atomic E-state index is 0.0579. The molecule has 1 aliphatic carbocycles. The van der Waals surface area contributed by atoms with E-state index in [1.54, 1.807) is 20.8 Å². The highest BCUT2D eigenvalue weighted by molar-refractivity contribution is 5.79. The topological polar surface area (TPSA) is 179 Å². The Labute approximate surface area is 290 Å². The largest absolute Gasteiger partial charge is 0.463 e. The first-order valence-corrected chi connectivity index (χ1v) is 16.2. The third-order valence-corrected chi connectivity index (χ3v) is 7.88. The lowest BCUT2D eigenvalue weighted by Gasteiger charge is -2.46. The Balaban J connectivity index is 1.68. The molecule has 1 fully saturated rings. The van der Waals surface area contributed by atoms with E-state index in [9.17, 15) is 28.8 Å². The van der Waals surface area contributed by atoms with E-state index in [0.717, 1.165) is 49.9 Å². The number of nitrogens with one attached hydrogen (secondary N) is 1. The molecule has 1 heterocycles. The third kappa shape index (κ3) is 9.80. The van der Waals surface area contributed by atoms with Crippen molar-refractivity contribution in [2.45, 2.75) is 103 Å². The van der Waals surface area contributed by atoms with Crippen molar-refractivity contribution in [3.63, 3.8) is 0 Å². The third-order valence-electron chi connectivity index (χ3n) is 7.88. The molecule has 0 saturated carbocycles. The van der Waals surface area contributed by atoms with E-state index in [1.165, 1.54) is 0 Å². The maximum atomic E-state index is 13.6. The lowest BCUT2D eigenvalue weighted by molar-refractivity contribution is -0.256. The molecular formula is C36H43NO13. The second kappa shape index (κ2) is 16.2. The van der Waals surface area contributed by atoms with Crippen molar-refractivity contribution in [1.29, 1.82) is 0 Å². The van der Waals surface area contributed by atoms with Crippen LogP contribution in [0.15, 0.2) is 48.5 Å². The van der Waals surface area contributed by atoms with Crippen molar-refractivity contribution in [1.82, 2.24) is 5.32 Å². The molecule has 14 heteroatoms. The first-order valence-electron chi connectivity index (χ1n) is 16.2. The molecular weight excluding hydrogens is 654 g/mol. The van der Waals surface area contributed by atoms with Crippen LogP contribution in [0.5, 0.6) is 0 Å². The van der Waals surface area contributed by atoms with E-state index in [2.05, 4.69) is 5.32 Å². The van der Waals surface area contributed by atoms with Gasteiger partial charge in [-0.3, -0.25) is 24.0 Å². The van der Waals surface area contributed by atoms with Gasteiger partial charge in [-0.15, -0.1) is 0 Å². The van der Waals surface area contributed by atoms with Gasteiger partial charge in [0.25, 0.3) is 0 Å². The second-order valence-corrected chi connectivity index (χ2v) is 13.0. The van der Waals surface area contributed by atoms with E-state index < -0.39 is 91.1 Å². The van der Waals surface area contributed by atoms with Crippen LogP contribution in [-0.2, 0) is 57.1 Å². The van der Waals surface area contributed by atoms with E-state index >= 15 is 0 Å². The lowest BCUT2D eigenvalue weighted by atomic mass is 9.89. The summed E-state index contributed by atoms with van der Waals surface area (Å²) < 4.78 is 39.2. The molecule has 270 valence electrons. The number of rotatable bonds is 11. The number of hydrogen-bond acceptors (Lipinski definition) is 13. The summed E-state index contributed by atoms with van der Waals surface area (Å²) in [5.74, 6) is -4.19. The van der Waals surface area contributed by atoms with Crippen molar-refractivity contribution in [2.24, 2.45) is 0 Å². The summed E-state index contributed by atoms with van der Waals surface area (Å²) in [6.45, 7) is 8.87. The van der Waals surface area contributed by atoms with Crippen molar-refractivity contribution in [3.8, 4) is 11.1 Å². The van der Waals surface area contributed by atoms with Crippen LogP contribution < -0.4 is 5.32 Å². The Morgan fingerprint density at radius 3 is 1.74 bits per heavy atom. The predicted octanol–water partition coefficient (Wildman–Crippen LogP) is 3.75. The number of hydrogen-bond donors (Lipinski definition) is 1. The highest BCUT2D eigenvalue weighted by Gasteiger charge is 2.55. The molecule has 14 nitrogen and oxygen atoms in total. The summed E-state index contributed by atoms with van der Waals surface area (Å²) in [7, 11) is 0. The van der Waals surface area contributed by atoms with E-state index in [4.69, 9.17) is 33.2 Å². The fourth-order valence-electron chi connectivity index (χ4n) is 6.19. The molecule has 50 heavy (non-hydrogen) atoms. The number of fused-ring (bicyclic) bond motifs is 3. The first-order chi connectivity index (χ1) is 23.5. The molecule has 1 aliphatic heterocycles. The van der Waals surface area contributed by atoms with Gasteiger partial charge in [-0.1, -0.05) is 48.5 Å². The molecule has 1 saturated heterocycles. The molecule has 1 N–H and O–H groups in total. The molecule has 2 aromatic carbocycles. The zero-order valence-electron chi connectivity index (χ0n) is 29.1. The first kappa shape index (κ1) is 37.8. The number of ether oxygens (including phenoxy) is 7. The molecule has 0 radical (unpaired) electrons. The number of benzene rings is 2. The minimum atomic E-state index is -1.53. The van der Waals surface area contributed by atoms with E-state index in [1.807, 2.05) is 48.5 Å². The van der Waals surface area contributed by atoms with Gasteiger partial charge in [-0.2, -0.15) is 0 Å². The molecule has 2 unspecified atom stereocenters. The number of amides is 1. The van der Waals surface area contributed by atoms with Crippen LogP contribution in [0.2, 0.25) is 0 Å². The fraction of sp³-hybridized carbons (Fsp3) is 0.500. The number of carbonyl (C=O) groups excluding carboxylic acids is 6. The Bertz CT molecular complexity index is 1550. The average Bonchev–Trinajstić information content (AvgIpc) is 3.32. The van der Waals surface area contributed by atoms with Crippen LogP contribution in [0.4, 0.5) is 4.79 Å². The molecule has 0 aromatic heterocycles. The standard InChI is InChI=1S/C36H43NO13/c1-19(38)44-18-29-32(46-20(2)39)34(48-22(4)41)33(47-21(3)40)31(49-29)28(16-30(42)50-36(5,6)7)37-35(43)45-17-27-25-14-10-8-12-23(25)24-13-9-11-15-26(24)27/h8-15,27-29,31-34H,16-18H2,1-7H3,(H,37,43)/t28?,29-,31?,32-,33+,34+/m1/s1.